The van der Waals surface area contributed by atoms with Crippen molar-refractivity contribution < 1.29 is 4.39 Å². The minimum absolute atomic E-state index is 0.245. The van der Waals surface area contributed by atoms with Gasteiger partial charge in [0.2, 0.25) is 0 Å². The molecule has 1 aromatic heterocycles. The highest BCUT2D eigenvalue weighted by atomic mass is 32.1. The normalized spacial score (nSPS) is 12.1. The van der Waals surface area contributed by atoms with Crippen LogP contribution in [0.25, 0.3) is 15.8 Å². The fourth-order valence-electron chi connectivity index (χ4n) is 1.69. The number of halogens is 1. The summed E-state index contributed by atoms with van der Waals surface area (Å²) in [6, 6.07) is 4.71. The van der Waals surface area contributed by atoms with Gasteiger partial charge >= 0.3 is 0 Å². The molecule has 0 atom stereocenters. The molecule has 0 aliphatic rings. The molecule has 0 N–H and O–H groups in total. The van der Waals surface area contributed by atoms with E-state index < -0.39 is 0 Å². The Morgan fingerprint density at radius 1 is 1.53 bits per heavy atom. The SMILES string of the molecule is C=C(CC)/C(=C\C)c1nc2cc(F)ccc2s1. The van der Waals surface area contributed by atoms with E-state index in [2.05, 4.69) is 18.5 Å². The first-order chi connectivity index (χ1) is 8.15. The minimum Gasteiger partial charge on any atom is -0.236 e. The number of fused-ring (bicyclic) bond motifs is 1. The van der Waals surface area contributed by atoms with Gasteiger partial charge in [0, 0.05) is 11.6 Å². The van der Waals surface area contributed by atoms with E-state index in [9.17, 15) is 4.39 Å². The van der Waals surface area contributed by atoms with Crippen LogP contribution in [0.1, 0.15) is 25.3 Å². The number of rotatable bonds is 3. The van der Waals surface area contributed by atoms with E-state index in [1.807, 2.05) is 13.0 Å². The summed E-state index contributed by atoms with van der Waals surface area (Å²) >= 11 is 1.58. The van der Waals surface area contributed by atoms with Gasteiger partial charge in [-0.25, -0.2) is 9.37 Å². The standard InChI is InChI=1S/C14H14FNS/c1-4-9(3)11(5-2)14-16-12-8-10(15)6-7-13(12)17-14/h5-8H,3-4H2,1-2H3/b11-5+. The van der Waals surface area contributed by atoms with Crippen LogP contribution in [-0.4, -0.2) is 4.98 Å². The highest BCUT2D eigenvalue weighted by Gasteiger charge is 2.10. The number of aromatic nitrogens is 1. The fourth-order valence-corrected chi connectivity index (χ4v) is 2.75. The molecule has 0 saturated heterocycles. The van der Waals surface area contributed by atoms with Gasteiger partial charge in [0.25, 0.3) is 0 Å². The summed E-state index contributed by atoms with van der Waals surface area (Å²) in [4.78, 5) is 4.46. The predicted octanol–water partition coefficient (Wildman–Crippen LogP) is 4.80. The number of nitrogens with zero attached hydrogens (tertiary/aromatic N) is 1. The lowest BCUT2D eigenvalue weighted by molar-refractivity contribution is 0.629. The lowest BCUT2D eigenvalue weighted by Crippen LogP contribution is -1.86. The van der Waals surface area contributed by atoms with Crippen LogP contribution in [0.4, 0.5) is 4.39 Å². The molecular formula is C14H14FNS. The molecule has 2 rings (SSSR count). The molecule has 0 aliphatic heterocycles. The van der Waals surface area contributed by atoms with Crippen LogP contribution in [0.5, 0.6) is 0 Å². The molecule has 0 unspecified atom stereocenters. The molecule has 17 heavy (non-hydrogen) atoms. The van der Waals surface area contributed by atoms with Crippen LogP contribution >= 0.6 is 11.3 Å². The summed E-state index contributed by atoms with van der Waals surface area (Å²) in [7, 11) is 0. The fraction of sp³-hybridized carbons (Fsp3) is 0.214. The van der Waals surface area contributed by atoms with E-state index in [4.69, 9.17) is 0 Å². The summed E-state index contributed by atoms with van der Waals surface area (Å²) < 4.78 is 14.1. The Balaban J connectivity index is 2.52. The third-order valence-corrected chi connectivity index (χ3v) is 3.75. The lowest BCUT2D eigenvalue weighted by atomic mass is 10.1. The zero-order valence-corrected chi connectivity index (χ0v) is 10.8. The second kappa shape index (κ2) is 4.80. The van der Waals surface area contributed by atoms with Crippen molar-refractivity contribution >= 4 is 27.1 Å². The van der Waals surface area contributed by atoms with Gasteiger partial charge in [0.1, 0.15) is 10.8 Å². The van der Waals surface area contributed by atoms with Crippen molar-refractivity contribution in [3.05, 3.63) is 47.3 Å². The predicted molar refractivity (Wildman–Crippen MR) is 72.7 cm³/mol. The van der Waals surface area contributed by atoms with Crippen molar-refractivity contribution in [2.45, 2.75) is 20.3 Å². The van der Waals surface area contributed by atoms with Crippen molar-refractivity contribution in [1.29, 1.82) is 0 Å². The first kappa shape index (κ1) is 12.0. The molecule has 0 radical (unpaired) electrons. The molecule has 88 valence electrons. The van der Waals surface area contributed by atoms with E-state index in [0.29, 0.717) is 5.52 Å². The van der Waals surface area contributed by atoms with Crippen molar-refractivity contribution in [3.63, 3.8) is 0 Å². The third kappa shape index (κ3) is 2.29. The maximum Gasteiger partial charge on any atom is 0.125 e. The Bertz CT molecular complexity index is 595. The van der Waals surface area contributed by atoms with Gasteiger partial charge in [-0.3, -0.25) is 0 Å². The van der Waals surface area contributed by atoms with Gasteiger partial charge in [-0.15, -0.1) is 11.3 Å². The number of allylic oxidation sites excluding steroid dienone is 3. The molecule has 0 aliphatic carbocycles. The first-order valence-corrected chi connectivity index (χ1v) is 6.38. The van der Waals surface area contributed by atoms with E-state index >= 15 is 0 Å². The molecule has 0 fully saturated rings. The highest BCUT2D eigenvalue weighted by Crippen LogP contribution is 2.31. The maximum atomic E-state index is 13.1. The zero-order chi connectivity index (χ0) is 12.4. The maximum absolute atomic E-state index is 13.1. The minimum atomic E-state index is -0.245. The number of hydrogen-bond donors (Lipinski definition) is 0. The largest absolute Gasteiger partial charge is 0.236 e. The molecule has 2 aromatic rings. The van der Waals surface area contributed by atoms with Gasteiger partial charge in [0.15, 0.2) is 0 Å². The van der Waals surface area contributed by atoms with Gasteiger partial charge in [-0.2, -0.15) is 0 Å². The summed E-state index contributed by atoms with van der Waals surface area (Å²) in [6.07, 6.45) is 2.91. The summed E-state index contributed by atoms with van der Waals surface area (Å²) in [5.41, 5.74) is 2.84. The quantitative estimate of drug-likeness (QED) is 0.710. The Hall–Kier alpha value is -1.48. The van der Waals surface area contributed by atoms with Crippen molar-refractivity contribution in [1.82, 2.24) is 4.98 Å². The van der Waals surface area contributed by atoms with Crippen LogP contribution in [0, 0.1) is 5.82 Å². The first-order valence-electron chi connectivity index (χ1n) is 5.56. The highest BCUT2D eigenvalue weighted by molar-refractivity contribution is 7.19. The second-order valence-corrected chi connectivity index (χ2v) is 4.82. The van der Waals surface area contributed by atoms with Gasteiger partial charge in [-0.1, -0.05) is 19.6 Å². The third-order valence-electron chi connectivity index (χ3n) is 2.68. The molecule has 3 heteroatoms. The molecule has 0 spiro atoms. The Kier molecular flexibility index (Phi) is 3.38. The van der Waals surface area contributed by atoms with Crippen LogP contribution in [0.3, 0.4) is 0 Å². The Morgan fingerprint density at radius 2 is 2.29 bits per heavy atom. The van der Waals surface area contributed by atoms with Crippen LogP contribution < -0.4 is 0 Å². The summed E-state index contributed by atoms with van der Waals surface area (Å²) in [6.45, 7) is 8.08. The summed E-state index contributed by atoms with van der Waals surface area (Å²) in [5.74, 6) is -0.245. The molecular weight excluding hydrogens is 233 g/mol. The Labute approximate surface area is 104 Å². The van der Waals surface area contributed by atoms with Gasteiger partial charge in [-0.05, 0) is 31.1 Å². The van der Waals surface area contributed by atoms with Crippen molar-refractivity contribution in [3.8, 4) is 0 Å². The van der Waals surface area contributed by atoms with E-state index in [1.165, 1.54) is 12.1 Å². The van der Waals surface area contributed by atoms with E-state index in [0.717, 1.165) is 27.3 Å². The van der Waals surface area contributed by atoms with E-state index in [-0.39, 0.29) is 5.82 Å². The zero-order valence-electron chi connectivity index (χ0n) is 9.96. The number of benzene rings is 1. The lowest BCUT2D eigenvalue weighted by Gasteiger charge is -2.03. The molecule has 0 saturated carbocycles. The molecule has 1 heterocycles. The topological polar surface area (TPSA) is 12.9 Å². The monoisotopic (exact) mass is 247 g/mol. The van der Waals surface area contributed by atoms with Gasteiger partial charge in [0.05, 0.1) is 10.2 Å². The molecule has 1 nitrogen and oxygen atoms in total. The summed E-state index contributed by atoms with van der Waals surface area (Å²) in [5, 5.41) is 0.917. The van der Waals surface area contributed by atoms with Crippen molar-refractivity contribution in [2.24, 2.45) is 0 Å². The molecule has 1 aromatic carbocycles. The molecule has 0 amide bonds. The average Bonchev–Trinajstić information content (AvgIpc) is 2.72. The van der Waals surface area contributed by atoms with Crippen LogP contribution in [0.2, 0.25) is 0 Å². The van der Waals surface area contributed by atoms with E-state index in [1.54, 1.807) is 17.4 Å². The smallest absolute Gasteiger partial charge is 0.125 e. The number of hydrogen-bond acceptors (Lipinski definition) is 2. The van der Waals surface area contributed by atoms with Gasteiger partial charge < -0.3 is 0 Å². The van der Waals surface area contributed by atoms with Crippen LogP contribution in [0.15, 0.2) is 36.4 Å². The van der Waals surface area contributed by atoms with Crippen molar-refractivity contribution in [2.75, 3.05) is 0 Å². The molecule has 0 bridgehead atoms. The number of thiazole rings is 1. The second-order valence-electron chi connectivity index (χ2n) is 3.79. The average molecular weight is 247 g/mol. The van der Waals surface area contributed by atoms with Crippen LogP contribution in [-0.2, 0) is 0 Å². The Morgan fingerprint density at radius 3 is 2.94 bits per heavy atom.